The molecule has 1 aliphatic carbocycles. The highest BCUT2D eigenvalue weighted by Gasteiger charge is 2.44. The van der Waals surface area contributed by atoms with Crippen molar-refractivity contribution >= 4 is 5.69 Å². The van der Waals surface area contributed by atoms with E-state index < -0.39 is 0 Å². The Morgan fingerprint density at radius 2 is 2.45 bits per heavy atom. The van der Waals surface area contributed by atoms with E-state index >= 15 is 0 Å². The number of nitrogens with zero attached hydrogens (tertiary/aromatic N) is 2. The predicted octanol–water partition coefficient (Wildman–Crippen LogP) is -0.0533. The zero-order valence-electron chi connectivity index (χ0n) is 6.20. The van der Waals surface area contributed by atoms with Crippen LogP contribution in [0.3, 0.4) is 0 Å². The van der Waals surface area contributed by atoms with Gasteiger partial charge in [0, 0.05) is 6.20 Å². The Balaban J connectivity index is 2.29. The first-order valence-corrected chi connectivity index (χ1v) is 3.68. The highest BCUT2D eigenvalue weighted by molar-refractivity contribution is 5.31. The van der Waals surface area contributed by atoms with Crippen molar-refractivity contribution in [2.24, 2.45) is 0 Å². The summed E-state index contributed by atoms with van der Waals surface area (Å²) in [5.41, 5.74) is 6.04. The fraction of sp³-hybridized carbons (Fsp3) is 0.571. The van der Waals surface area contributed by atoms with Gasteiger partial charge in [-0.3, -0.25) is 4.68 Å². The van der Waals surface area contributed by atoms with E-state index in [4.69, 9.17) is 10.8 Å². The van der Waals surface area contributed by atoms with Crippen molar-refractivity contribution in [3.8, 4) is 0 Å². The van der Waals surface area contributed by atoms with Crippen LogP contribution >= 0.6 is 0 Å². The molecule has 0 unspecified atom stereocenters. The molecule has 4 heteroatoms. The fourth-order valence-electron chi connectivity index (χ4n) is 1.20. The maximum atomic E-state index is 9.02. The molecule has 0 spiro atoms. The summed E-state index contributed by atoms with van der Waals surface area (Å²) in [6, 6.07) is 0. The summed E-state index contributed by atoms with van der Waals surface area (Å²) < 4.78 is 1.77. The molecule has 0 aromatic carbocycles. The lowest BCUT2D eigenvalue weighted by molar-refractivity contribution is 0.202. The van der Waals surface area contributed by atoms with Crippen LogP contribution in [0.1, 0.15) is 12.8 Å². The molecule has 0 radical (unpaired) electrons. The van der Waals surface area contributed by atoms with Gasteiger partial charge in [0.1, 0.15) is 0 Å². The van der Waals surface area contributed by atoms with Gasteiger partial charge in [0.2, 0.25) is 0 Å². The lowest BCUT2D eigenvalue weighted by atomic mass is 10.3. The van der Waals surface area contributed by atoms with Gasteiger partial charge >= 0.3 is 0 Å². The molecule has 60 valence electrons. The molecule has 4 nitrogen and oxygen atoms in total. The van der Waals surface area contributed by atoms with E-state index in [2.05, 4.69) is 5.10 Å². The van der Waals surface area contributed by atoms with E-state index in [0.29, 0.717) is 5.69 Å². The topological polar surface area (TPSA) is 64.1 Å². The number of nitrogen functional groups attached to an aromatic ring is 1. The average molecular weight is 153 g/mol. The molecule has 1 saturated carbocycles. The molecule has 1 aliphatic rings. The molecular weight excluding hydrogens is 142 g/mol. The number of nitrogens with two attached hydrogens (primary N) is 1. The smallest absolute Gasteiger partial charge is 0.0859 e. The number of hydrogen-bond acceptors (Lipinski definition) is 3. The molecule has 1 fully saturated rings. The van der Waals surface area contributed by atoms with Crippen molar-refractivity contribution in [1.29, 1.82) is 0 Å². The van der Waals surface area contributed by atoms with E-state index in [1.165, 1.54) is 0 Å². The number of aromatic nitrogens is 2. The van der Waals surface area contributed by atoms with Crippen LogP contribution in [0.25, 0.3) is 0 Å². The molecule has 1 heterocycles. The van der Waals surface area contributed by atoms with Crippen LogP contribution in [0, 0.1) is 0 Å². The first-order valence-electron chi connectivity index (χ1n) is 3.68. The second-order valence-corrected chi connectivity index (χ2v) is 3.10. The van der Waals surface area contributed by atoms with Gasteiger partial charge in [-0.2, -0.15) is 5.10 Å². The Morgan fingerprint density at radius 1 is 1.73 bits per heavy atom. The zero-order valence-corrected chi connectivity index (χ0v) is 6.20. The molecule has 2 rings (SSSR count). The van der Waals surface area contributed by atoms with Gasteiger partial charge in [-0.25, -0.2) is 0 Å². The van der Waals surface area contributed by atoms with Crippen molar-refractivity contribution in [3.63, 3.8) is 0 Å². The monoisotopic (exact) mass is 153 g/mol. The summed E-state index contributed by atoms with van der Waals surface area (Å²) in [4.78, 5) is 0. The number of aliphatic hydroxyl groups is 1. The highest BCUT2D eigenvalue weighted by Crippen LogP contribution is 2.42. The third-order valence-electron chi connectivity index (χ3n) is 2.21. The van der Waals surface area contributed by atoms with Crippen molar-refractivity contribution in [3.05, 3.63) is 12.4 Å². The third-order valence-corrected chi connectivity index (χ3v) is 2.21. The maximum Gasteiger partial charge on any atom is 0.0859 e. The third kappa shape index (κ3) is 0.903. The second-order valence-electron chi connectivity index (χ2n) is 3.10. The Kier molecular flexibility index (Phi) is 1.20. The van der Waals surface area contributed by atoms with E-state index in [1.54, 1.807) is 17.1 Å². The van der Waals surface area contributed by atoms with Crippen LogP contribution in [0.5, 0.6) is 0 Å². The zero-order chi connectivity index (χ0) is 7.90. The fourth-order valence-corrected chi connectivity index (χ4v) is 1.20. The standard InChI is InChI=1S/C7H11N3O/c8-6-3-9-10(4-6)7(5-11)1-2-7/h3-4,11H,1-2,5,8H2. The quantitative estimate of drug-likeness (QED) is 0.626. The van der Waals surface area contributed by atoms with E-state index in [-0.39, 0.29) is 12.1 Å². The van der Waals surface area contributed by atoms with Crippen LogP contribution in [0.4, 0.5) is 5.69 Å². The summed E-state index contributed by atoms with van der Waals surface area (Å²) in [7, 11) is 0. The van der Waals surface area contributed by atoms with E-state index in [9.17, 15) is 0 Å². The number of anilines is 1. The van der Waals surface area contributed by atoms with Gasteiger partial charge in [0.25, 0.3) is 0 Å². The van der Waals surface area contributed by atoms with Crippen molar-refractivity contribution in [2.45, 2.75) is 18.4 Å². The number of hydrogen-bond donors (Lipinski definition) is 2. The minimum Gasteiger partial charge on any atom is -0.396 e. The normalized spacial score (nSPS) is 20.1. The highest BCUT2D eigenvalue weighted by atomic mass is 16.3. The molecule has 0 atom stereocenters. The molecule has 3 N–H and O–H groups in total. The van der Waals surface area contributed by atoms with Crippen molar-refractivity contribution in [2.75, 3.05) is 12.3 Å². The molecule has 1 aromatic rings. The van der Waals surface area contributed by atoms with Gasteiger partial charge in [-0.15, -0.1) is 0 Å². The summed E-state index contributed by atoms with van der Waals surface area (Å²) in [6.07, 6.45) is 5.38. The van der Waals surface area contributed by atoms with Gasteiger partial charge in [0.15, 0.2) is 0 Å². The van der Waals surface area contributed by atoms with E-state index in [0.717, 1.165) is 12.8 Å². The predicted molar refractivity (Wildman–Crippen MR) is 40.9 cm³/mol. The van der Waals surface area contributed by atoms with Crippen molar-refractivity contribution < 1.29 is 5.11 Å². The minimum atomic E-state index is -0.113. The molecule has 11 heavy (non-hydrogen) atoms. The Labute approximate surface area is 64.6 Å². The lowest BCUT2D eigenvalue weighted by Crippen LogP contribution is -2.21. The van der Waals surface area contributed by atoms with Crippen LogP contribution in [-0.4, -0.2) is 21.5 Å². The summed E-state index contributed by atoms with van der Waals surface area (Å²) >= 11 is 0. The lowest BCUT2D eigenvalue weighted by Gasteiger charge is -2.10. The number of rotatable bonds is 2. The summed E-state index contributed by atoms with van der Waals surface area (Å²) in [6.45, 7) is 0.161. The molecule has 1 aromatic heterocycles. The SMILES string of the molecule is Nc1cnn(C2(CO)CC2)c1. The molecule has 0 bridgehead atoms. The first kappa shape index (κ1) is 6.67. The average Bonchev–Trinajstić information content (AvgIpc) is 2.70. The molecule has 0 amide bonds. The minimum absolute atomic E-state index is 0.113. The Bertz CT molecular complexity index is 264. The van der Waals surface area contributed by atoms with Crippen LogP contribution in [-0.2, 0) is 5.54 Å². The first-order chi connectivity index (χ1) is 5.27. The molecular formula is C7H11N3O. The van der Waals surface area contributed by atoms with E-state index in [1.807, 2.05) is 0 Å². The summed E-state index contributed by atoms with van der Waals surface area (Å²) in [5, 5.41) is 13.1. The van der Waals surface area contributed by atoms with Crippen molar-refractivity contribution in [1.82, 2.24) is 9.78 Å². The number of aliphatic hydroxyl groups excluding tert-OH is 1. The second kappa shape index (κ2) is 1.98. The van der Waals surface area contributed by atoms with Gasteiger partial charge in [-0.1, -0.05) is 0 Å². The maximum absolute atomic E-state index is 9.02. The van der Waals surface area contributed by atoms with Gasteiger partial charge in [0.05, 0.1) is 24.0 Å². The Hall–Kier alpha value is -1.03. The molecule has 0 aliphatic heterocycles. The molecule has 0 saturated heterocycles. The van der Waals surface area contributed by atoms with Crippen LogP contribution < -0.4 is 5.73 Å². The van der Waals surface area contributed by atoms with Crippen LogP contribution in [0.15, 0.2) is 12.4 Å². The van der Waals surface area contributed by atoms with Gasteiger partial charge < -0.3 is 10.8 Å². The largest absolute Gasteiger partial charge is 0.396 e. The summed E-state index contributed by atoms with van der Waals surface area (Å²) in [5.74, 6) is 0. The Morgan fingerprint density at radius 3 is 2.82 bits per heavy atom. The van der Waals surface area contributed by atoms with Crippen LogP contribution in [0.2, 0.25) is 0 Å². The van der Waals surface area contributed by atoms with Gasteiger partial charge in [-0.05, 0) is 12.8 Å².